The van der Waals surface area contributed by atoms with E-state index in [1.54, 1.807) is 24.3 Å². The Kier molecular flexibility index (Phi) is 14.1. The zero-order valence-corrected chi connectivity index (χ0v) is 14.2. The minimum absolute atomic E-state index is 0. The number of aliphatic hydroxyl groups excluding tert-OH is 1. The van der Waals surface area contributed by atoms with Crippen molar-refractivity contribution in [3.8, 4) is 0 Å². The molecule has 0 unspecified atom stereocenters. The lowest BCUT2D eigenvalue weighted by atomic mass is 10.1. The summed E-state index contributed by atoms with van der Waals surface area (Å²) in [6.07, 6.45) is 0.881. The van der Waals surface area contributed by atoms with Crippen molar-refractivity contribution in [3.05, 3.63) is 65.2 Å². The Hall–Kier alpha value is -3.52. The molecule has 0 saturated heterocycles. The van der Waals surface area contributed by atoms with Crippen molar-refractivity contribution in [3.63, 3.8) is 0 Å². The highest BCUT2D eigenvalue weighted by Gasteiger charge is 2.00. The fourth-order valence-electron chi connectivity index (χ4n) is 1.52. The number of ether oxygens (including phenoxy) is 1. The van der Waals surface area contributed by atoms with Crippen LogP contribution >= 0.6 is 0 Å². The van der Waals surface area contributed by atoms with Gasteiger partial charge in [0, 0.05) is 23.9 Å². The van der Waals surface area contributed by atoms with Crippen LogP contribution in [0.1, 0.15) is 38.5 Å². The summed E-state index contributed by atoms with van der Waals surface area (Å²) in [5.74, 6) is -0.984. The van der Waals surface area contributed by atoms with Crippen molar-refractivity contribution in [2.24, 2.45) is 0 Å². The first-order chi connectivity index (χ1) is 12.5. The summed E-state index contributed by atoms with van der Waals surface area (Å²) in [6.45, 7) is 0. The van der Waals surface area contributed by atoms with Gasteiger partial charge in [0.05, 0.1) is 12.7 Å². The third kappa shape index (κ3) is 10.1. The van der Waals surface area contributed by atoms with E-state index in [0.717, 1.165) is 13.4 Å². The van der Waals surface area contributed by atoms with E-state index < -0.39 is 12.1 Å². The number of aliphatic hydroxyl groups is 1. The van der Waals surface area contributed by atoms with Gasteiger partial charge in [-0.15, -0.1) is 0 Å². The highest BCUT2D eigenvalue weighted by atomic mass is 16.5. The molecular formula is C19H23NO7. The fraction of sp³-hybridized carbons (Fsp3) is 0.158. The minimum Gasteiger partial charge on any atom is -0.478 e. The smallest absolute Gasteiger partial charge is 0.411 e. The predicted octanol–water partition coefficient (Wildman–Crippen LogP) is 3.12. The van der Waals surface area contributed by atoms with Crippen molar-refractivity contribution in [1.29, 1.82) is 0 Å². The second kappa shape index (κ2) is 14.8. The molecule has 0 fully saturated rings. The molecule has 0 aliphatic carbocycles. The van der Waals surface area contributed by atoms with Gasteiger partial charge in [0.25, 0.3) is 0 Å². The second-order valence-corrected chi connectivity index (χ2v) is 4.40. The standard InChI is InChI=1S/C9H9NO3.C8H6O3.CH4O.CH4/c1-13-9(12)10-8-4-2-7(6-11)3-5-8;9-5-6-1-3-7(4-2-6)8(10)11;1-2;/h2-6H,1H3,(H,10,12);1-5H,(H,10,11);2H,1H3;1H4. The number of carbonyl (C=O) groups is 4. The normalized spacial score (nSPS) is 8.26. The molecule has 0 aromatic heterocycles. The number of aldehydes is 2. The molecule has 0 heterocycles. The first-order valence-electron chi connectivity index (χ1n) is 7.13. The van der Waals surface area contributed by atoms with Gasteiger partial charge < -0.3 is 14.9 Å². The Bertz CT molecular complexity index is 710. The summed E-state index contributed by atoms with van der Waals surface area (Å²) >= 11 is 0. The number of benzene rings is 2. The third-order valence-corrected chi connectivity index (χ3v) is 2.77. The zero-order valence-electron chi connectivity index (χ0n) is 14.2. The molecule has 146 valence electrons. The van der Waals surface area contributed by atoms with Gasteiger partial charge in [-0.05, 0) is 36.4 Å². The van der Waals surface area contributed by atoms with Gasteiger partial charge in [0.1, 0.15) is 12.6 Å². The van der Waals surface area contributed by atoms with Gasteiger partial charge in [-0.1, -0.05) is 19.6 Å². The molecule has 0 aliphatic rings. The number of rotatable bonds is 4. The van der Waals surface area contributed by atoms with E-state index in [1.807, 2.05) is 0 Å². The Morgan fingerprint density at radius 3 is 1.63 bits per heavy atom. The van der Waals surface area contributed by atoms with Crippen molar-refractivity contribution < 1.29 is 34.1 Å². The molecule has 3 N–H and O–H groups in total. The van der Waals surface area contributed by atoms with Gasteiger partial charge in [-0.3, -0.25) is 14.9 Å². The number of amides is 1. The fourth-order valence-corrected chi connectivity index (χ4v) is 1.52. The van der Waals surface area contributed by atoms with E-state index in [4.69, 9.17) is 10.2 Å². The number of aromatic carboxylic acids is 1. The van der Waals surface area contributed by atoms with Crippen LogP contribution in [0.4, 0.5) is 10.5 Å². The van der Waals surface area contributed by atoms with Crippen molar-refractivity contribution >= 4 is 30.3 Å². The van der Waals surface area contributed by atoms with Gasteiger partial charge in [0.2, 0.25) is 0 Å². The summed E-state index contributed by atoms with van der Waals surface area (Å²) in [6, 6.07) is 12.2. The van der Waals surface area contributed by atoms with Crippen LogP contribution in [0.25, 0.3) is 0 Å². The molecule has 0 atom stereocenters. The molecule has 1 amide bonds. The topological polar surface area (TPSA) is 130 Å². The first kappa shape index (κ1) is 25.7. The summed E-state index contributed by atoms with van der Waals surface area (Å²) in [7, 11) is 2.29. The van der Waals surface area contributed by atoms with Crippen LogP contribution in [0.15, 0.2) is 48.5 Å². The molecule has 8 nitrogen and oxygen atoms in total. The third-order valence-electron chi connectivity index (χ3n) is 2.77. The number of methoxy groups -OCH3 is 1. The maximum Gasteiger partial charge on any atom is 0.411 e. The van der Waals surface area contributed by atoms with Gasteiger partial charge in [-0.25, -0.2) is 9.59 Å². The van der Waals surface area contributed by atoms with Crippen LogP contribution in [-0.4, -0.2) is 49.1 Å². The Morgan fingerprint density at radius 1 is 0.889 bits per heavy atom. The van der Waals surface area contributed by atoms with Crippen LogP contribution in [0.2, 0.25) is 0 Å². The van der Waals surface area contributed by atoms with Crippen LogP contribution in [0.3, 0.4) is 0 Å². The minimum atomic E-state index is -0.984. The lowest BCUT2D eigenvalue weighted by molar-refractivity contribution is 0.0696. The summed E-state index contributed by atoms with van der Waals surface area (Å²) in [5.41, 5.74) is 1.83. The number of hydrogen-bond acceptors (Lipinski definition) is 6. The van der Waals surface area contributed by atoms with Crippen molar-refractivity contribution in [1.82, 2.24) is 0 Å². The van der Waals surface area contributed by atoms with Crippen molar-refractivity contribution in [2.45, 2.75) is 7.43 Å². The molecule has 2 aromatic rings. The monoisotopic (exact) mass is 377 g/mol. The van der Waals surface area contributed by atoms with E-state index in [9.17, 15) is 19.2 Å². The quantitative estimate of drug-likeness (QED) is 0.698. The predicted molar refractivity (Wildman–Crippen MR) is 102 cm³/mol. The number of carboxylic acid groups (broad SMARTS) is 1. The largest absolute Gasteiger partial charge is 0.478 e. The van der Waals surface area contributed by atoms with Crippen molar-refractivity contribution in [2.75, 3.05) is 19.5 Å². The van der Waals surface area contributed by atoms with E-state index in [-0.39, 0.29) is 13.0 Å². The van der Waals surface area contributed by atoms with Crippen LogP contribution in [-0.2, 0) is 4.74 Å². The van der Waals surface area contributed by atoms with E-state index >= 15 is 0 Å². The molecule has 0 spiro atoms. The molecular weight excluding hydrogens is 354 g/mol. The number of nitrogens with one attached hydrogen (secondary N) is 1. The maximum absolute atomic E-state index is 10.7. The molecule has 2 rings (SSSR count). The Labute approximate surface area is 157 Å². The lowest BCUT2D eigenvalue weighted by Gasteiger charge is -2.02. The number of carboxylic acids is 1. The van der Waals surface area contributed by atoms with E-state index in [0.29, 0.717) is 23.1 Å². The summed E-state index contributed by atoms with van der Waals surface area (Å²) < 4.78 is 4.39. The second-order valence-electron chi connectivity index (χ2n) is 4.40. The lowest BCUT2D eigenvalue weighted by Crippen LogP contribution is -2.10. The SMILES string of the molecule is C.CO.COC(=O)Nc1ccc(C=O)cc1.O=Cc1ccc(C(=O)O)cc1. The molecule has 0 bridgehead atoms. The Morgan fingerprint density at radius 2 is 1.30 bits per heavy atom. The van der Waals surface area contributed by atoms with Gasteiger partial charge >= 0.3 is 12.1 Å². The summed E-state index contributed by atoms with van der Waals surface area (Å²) in [4.78, 5) is 41.5. The van der Waals surface area contributed by atoms with Gasteiger partial charge in [-0.2, -0.15) is 0 Å². The zero-order chi connectivity index (χ0) is 19.9. The number of anilines is 1. The number of carbonyl (C=O) groups excluding carboxylic acids is 3. The highest BCUT2D eigenvalue weighted by molar-refractivity contribution is 5.88. The molecule has 27 heavy (non-hydrogen) atoms. The molecule has 8 heteroatoms. The molecule has 0 saturated carbocycles. The molecule has 0 radical (unpaired) electrons. The summed E-state index contributed by atoms with van der Waals surface area (Å²) in [5, 5.41) is 17.9. The van der Waals surface area contributed by atoms with E-state index in [1.165, 1.54) is 31.4 Å². The van der Waals surface area contributed by atoms with Crippen LogP contribution in [0.5, 0.6) is 0 Å². The molecule has 0 aliphatic heterocycles. The maximum atomic E-state index is 10.7. The molecule has 2 aromatic carbocycles. The number of hydrogen-bond donors (Lipinski definition) is 3. The van der Waals surface area contributed by atoms with E-state index in [2.05, 4.69) is 10.1 Å². The average molecular weight is 377 g/mol. The van der Waals surface area contributed by atoms with Crippen LogP contribution < -0.4 is 5.32 Å². The van der Waals surface area contributed by atoms with Gasteiger partial charge in [0.15, 0.2) is 0 Å². The average Bonchev–Trinajstić information content (AvgIpc) is 2.70. The van der Waals surface area contributed by atoms with Crippen LogP contribution in [0, 0.1) is 0 Å². The first-order valence-corrected chi connectivity index (χ1v) is 7.13. The highest BCUT2D eigenvalue weighted by Crippen LogP contribution is 2.08. The Balaban J connectivity index is 0.